The van der Waals surface area contributed by atoms with Crippen molar-refractivity contribution in [2.24, 2.45) is 0 Å². The number of carbonyl (C=O) groups excluding carboxylic acids is 1. The highest BCUT2D eigenvalue weighted by Crippen LogP contribution is 2.40. The van der Waals surface area contributed by atoms with Crippen LogP contribution in [0.3, 0.4) is 0 Å². The summed E-state index contributed by atoms with van der Waals surface area (Å²) in [5.74, 6) is -2.72. The number of likely N-dealkylation sites (N-methyl/N-ethyl adjacent to an activating group) is 2. The molecule has 0 bridgehead atoms. The Kier molecular flexibility index (Phi) is 9.30. The molecular formula is C28H32F3N7O3. The number of hydrogen-bond acceptors (Lipinski definition) is 9. The first-order valence-corrected chi connectivity index (χ1v) is 12.8. The Morgan fingerprint density at radius 3 is 2.61 bits per heavy atom. The van der Waals surface area contributed by atoms with Gasteiger partial charge in [0.15, 0.2) is 17.5 Å². The van der Waals surface area contributed by atoms with E-state index in [9.17, 15) is 18.0 Å². The highest BCUT2D eigenvalue weighted by Gasteiger charge is 2.34. The van der Waals surface area contributed by atoms with E-state index in [1.54, 1.807) is 12.1 Å². The molecule has 1 aromatic heterocycles. The summed E-state index contributed by atoms with van der Waals surface area (Å²) in [6, 6.07) is 5.69. The quantitative estimate of drug-likeness (QED) is 0.252. The van der Waals surface area contributed by atoms with E-state index in [-0.39, 0.29) is 24.8 Å². The zero-order valence-corrected chi connectivity index (χ0v) is 23.2. The van der Waals surface area contributed by atoms with Crippen LogP contribution in [0, 0.1) is 17.5 Å². The summed E-state index contributed by atoms with van der Waals surface area (Å²) in [6.07, 6.45) is 2.65. The number of benzene rings is 2. The molecule has 10 nitrogen and oxygen atoms in total. The van der Waals surface area contributed by atoms with Crippen LogP contribution in [-0.4, -0.2) is 68.7 Å². The molecule has 1 atom stereocenters. The highest BCUT2D eigenvalue weighted by atomic mass is 19.2. The van der Waals surface area contributed by atoms with E-state index >= 15 is 0 Å². The third-order valence-electron chi connectivity index (χ3n) is 6.51. The minimum absolute atomic E-state index is 0.149. The Bertz CT molecular complexity index is 1420. The third-order valence-corrected chi connectivity index (χ3v) is 6.51. The number of nitrogens with one attached hydrogen (secondary N) is 2. The molecule has 2 heterocycles. The number of rotatable bonds is 11. The van der Waals surface area contributed by atoms with Crippen molar-refractivity contribution >= 4 is 34.6 Å². The molecule has 41 heavy (non-hydrogen) atoms. The van der Waals surface area contributed by atoms with Gasteiger partial charge in [-0.15, -0.1) is 0 Å². The molecule has 0 saturated carbocycles. The molecular weight excluding hydrogens is 539 g/mol. The lowest BCUT2D eigenvalue weighted by Crippen LogP contribution is -2.29. The number of halogens is 3. The molecule has 0 radical (unpaired) electrons. The summed E-state index contributed by atoms with van der Waals surface area (Å²) in [5.41, 5.74) is 1.27. The molecule has 1 amide bonds. The van der Waals surface area contributed by atoms with Gasteiger partial charge in [-0.1, -0.05) is 6.58 Å². The van der Waals surface area contributed by atoms with Gasteiger partial charge in [-0.25, -0.2) is 28.2 Å². The van der Waals surface area contributed by atoms with Gasteiger partial charge in [0.1, 0.15) is 23.7 Å². The van der Waals surface area contributed by atoms with Gasteiger partial charge in [0.05, 0.1) is 42.4 Å². The molecule has 2 N–H and O–H groups in total. The molecule has 2 aromatic carbocycles. The van der Waals surface area contributed by atoms with E-state index in [0.717, 1.165) is 24.4 Å². The summed E-state index contributed by atoms with van der Waals surface area (Å²) in [7, 11) is 7.36. The first kappa shape index (κ1) is 29.6. The van der Waals surface area contributed by atoms with Gasteiger partial charge in [0.2, 0.25) is 5.91 Å². The number of hydroxylamine groups is 1. The number of ether oxygens (including phenoxy) is 1. The lowest BCUT2D eigenvalue weighted by molar-refractivity contribution is -0.111. The summed E-state index contributed by atoms with van der Waals surface area (Å²) in [5, 5.41) is 7.22. The minimum atomic E-state index is -1.27. The van der Waals surface area contributed by atoms with E-state index < -0.39 is 29.1 Å². The van der Waals surface area contributed by atoms with Crippen LogP contribution in [0.2, 0.25) is 0 Å². The smallest absolute Gasteiger partial charge is 0.247 e. The largest absolute Gasteiger partial charge is 0.494 e. The van der Waals surface area contributed by atoms with Crippen LogP contribution in [0.15, 0.2) is 49.3 Å². The lowest BCUT2D eigenvalue weighted by atomic mass is 10.0. The number of methoxy groups -OCH3 is 1. The molecule has 1 aliphatic heterocycles. The molecule has 1 aliphatic rings. The molecule has 1 fully saturated rings. The van der Waals surface area contributed by atoms with Gasteiger partial charge in [0, 0.05) is 38.7 Å². The summed E-state index contributed by atoms with van der Waals surface area (Å²) < 4.78 is 48.7. The highest BCUT2D eigenvalue weighted by molar-refractivity contribution is 6.02. The van der Waals surface area contributed by atoms with Gasteiger partial charge in [-0.2, -0.15) is 0 Å². The second-order valence-corrected chi connectivity index (χ2v) is 9.59. The molecule has 218 valence electrons. The van der Waals surface area contributed by atoms with E-state index in [1.807, 2.05) is 30.9 Å². The van der Waals surface area contributed by atoms with Crippen LogP contribution in [0.25, 0.3) is 0 Å². The van der Waals surface area contributed by atoms with Gasteiger partial charge in [-0.3, -0.25) is 9.63 Å². The fraction of sp³-hybridized carbons (Fsp3) is 0.321. The topological polar surface area (TPSA) is 95.1 Å². The van der Waals surface area contributed by atoms with Crippen LogP contribution < -0.4 is 25.3 Å². The average Bonchev–Trinajstić information content (AvgIpc) is 3.43. The maximum atomic E-state index is 14.6. The third kappa shape index (κ3) is 6.69. The predicted octanol–water partition coefficient (Wildman–Crippen LogP) is 4.65. The summed E-state index contributed by atoms with van der Waals surface area (Å²) in [4.78, 5) is 30.4. The number of anilines is 5. The molecule has 0 spiro atoms. The van der Waals surface area contributed by atoms with Crippen molar-refractivity contribution in [3.8, 4) is 5.75 Å². The average molecular weight is 572 g/mol. The Hall–Kier alpha value is -4.36. The second kappa shape index (κ2) is 12.9. The Morgan fingerprint density at radius 2 is 1.90 bits per heavy atom. The summed E-state index contributed by atoms with van der Waals surface area (Å²) >= 11 is 0. The van der Waals surface area contributed by atoms with Gasteiger partial charge in [-0.05, 0) is 38.4 Å². The monoisotopic (exact) mass is 571 g/mol. The van der Waals surface area contributed by atoms with E-state index in [0.29, 0.717) is 29.5 Å². The number of nitrogens with zero attached hydrogens (tertiary/aromatic N) is 5. The molecule has 13 heteroatoms. The van der Waals surface area contributed by atoms with Crippen molar-refractivity contribution < 1.29 is 27.5 Å². The van der Waals surface area contributed by atoms with E-state index in [2.05, 4.69) is 27.2 Å². The molecule has 4 rings (SSSR count). The first-order valence-electron chi connectivity index (χ1n) is 12.8. The maximum absolute atomic E-state index is 14.6. The zero-order valence-electron chi connectivity index (χ0n) is 23.2. The molecule has 1 saturated heterocycles. The van der Waals surface area contributed by atoms with Crippen molar-refractivity contribution in [3.63, 3.8) is 0 Å². The van der Waals surface area contributed by atoms with Crippen LogP contribution >= 0.6 is 0 Å². The Labute approximate surface area is 236 Å². The van der Waals surface area contributed by atoms with E-state index in [1.165, 1.54) is 30.6 Å². The normalized spacial score (nSPS) is 14.7. The Balaban J connectivity index is 1.66. The summed E-state index contributed by atoms with van der Waals surface area (Å²) in [6.45, 7) is 5.14. The van der Waals surface area contributed by atoms with Crippen molar-refractivity contribution in [1.29, 1.82) is 0 Å². The van der Waals surface area contributed by atoms with Crippen molar-refractivity contribution in [3.05, 3.63) is 72.3 Å². The van der Waals surface area contributed by atoms with Gasteiger partial charge < -0.3 is 25.2 Å². The standard InChI is InChI=1S/C28H32F3N7O3/c1-6-26(39)35-19-13-20(23(40-5)14-22(19)37(4)11-10-36(2)3)34-24-15-25(33-16-32-24)38-21(9-12-41-38)27-17(29)7-8-18(30)28(27)31/h6-8,13-16,21H,1,9-12H2,2-5H3,(H,35,39)(H,32,33,34)/t21-/m1/s1. The fourth-order valence-corrected chi connectivity index (χ4v) is 4.39. The van der Waals surface area contributed by atoms with Crippen LogP contribution in [0.1, 0.15) is 18.0 Å². The van der Waals surface area contributed by atoms with Crippen molar-refractivity contribution in [1.82, 2.24) is 14.9 Å². The molecule has 3 aromatic rings. The van der Waals surface area contributed by atoms with Crippen LogP contribution in [0.4, 0.5) is 41.9 Å². The first-order chi connectivity index (χ1) is 19.6. The fourth-order valence-electron chi connectivity index (χ4n) is 4.39. The number of aromatic nitrogens is 2. The van der Waals surface area contributed by atoms with Crippen molar-refractivity contribution in [2.75, 3.05) is 68.5 Å². The van der Waals surface area contributed by atoms with Gasteiger partial charge >= 0.3 is 0 Å². The molecule has 0 aliphatic carbocycles. The number of carbonyl (C=O) groups is 1. The predicted molar refractivity (Wildman–Crippen MR) is 151 cm³/mol. The number of hydrogen-bond donors (Lipinski definition) is 2. The number of amides is 1. The van der Waals surface area contributed by atoms with E-state index in [4.69, 9.17) is 9.57 Å². The zero-order chi connectivity index (χ0) is 29.7. The molecule has 0 unspecified atom stereocenters. The minimum Gasteiger partial charge on any atom is -0.494 e. The second-order valence-electron chi connectivity index (χ2n) is 9.59. The van der Waals surface area contributed by atoms with Crippen molar-refractivity contribution in [2.45, 2.75) is 12.5 Å². The lowest BCUT2D eigenvalue weighted by Gasteiger charge is -2.26. The van der Waals surface area contributed by atoms with Crippen LogP contribution in [0.5, 0.6) is 5.75 Å². The maximum Gasteiger partial charge on any atom is 0.247 e. The van der Waals surface area contributed by atoms with Gasteiger partial charge in [0.25, 0.3) is 0 Å². The van der Waals surface area contributed by atoms with Crippen LogP contribution in [-0.2, 0) is 9.63 Å². The SMILES string of the molecule is C=CC(=O)Nc1cc(Nc2cc(N3OCC[C@@H]3c3c(F)ccc(F)c3F)ncn2)c(OC)cc1N(C)CCN(C)C. The Morgan fingerprint density at radius 1 is 1.15 bits per heavy atom.